The third-order valence-electron chi connectivity index (χ3n) is 6.18. The van der Waals surface area contributed by atoms with E-state index in [4.69, 9.17) is 9.47 Å². The monoisotopic (exact) mass is 489 g/mol. The Labute approximate surface area is 209 Å². The van der Waals surface area contributed by atoms with Gasteiger partial charge in [-0.05, 0) is 78.6 Å². The van der Waals surface area contributed by atoms with Crippen LogP contribution >= 0.6 is 0 Å². The van der Waals surface area contributed by atoms with Gasteiger partial charge in [0.1, 0.15) is 12.4 Å². The number of nitrogens with one attached hydrogen (secondary N) is 1. The van der Waals surface area contributed by atoms with Crippen molar-refractivity contribution in [3.05, 3.63) is 88.7 Å². The maximum Gasteiger partial charge on any atom is 0.245 e. The van der Waals surface area contributed by atoms with Crippen LogP contribution in [0.2, 0.25) is 0 Å². The average molecular weight is 490 g/mol. The molecule has 1 N–H and O–H groups in total. The molecule has 3 aromatic carbocycles. The summed E-state index contributed by atoms with van der Waals surface area (Å²) in [5, 5.41) is 4.06. The van der Waals surface area contributed by atoms with Crippen molar-refractivity contribution >= 4 is 23.7 Å². The second-order valence-corrected chi connectivity index (χ2v) is 8.73. The first-order valence-corrected chi connectivity index (χ1v) is 11.6. The van der Waals surface area contributed by atoms with E-state index < -0.39 is 5.92 Å². The minimum Gasteiger partial charge on any atom is -0.493 e. The summed E-state index contributed by atoms with van der Waals surface area (Å²) >= 11 is 0. The number of carbonyl (C=O) groups excluding carboxylic acids is 2. The number of hydrogen-bond acceptors (Lipinski definition) is 5. The Morgan fingerprint density at radius 2 is 1.86 bits per heavy atom. The van der Waals surface area contributed by atoms with Gasteiger partial charge < -0.3 is 14.4 Å². The number of hydrazone groups is 1. The van der Waals surface area contributed by atoms with Gasteiger partial charge in [-0.25, -0.2) is 9.82 Å². The lowest BCUT2D eigenvalue weighted by Gasteiger charge is -2.17. The van der Waals surface area contributed by atoms with Crippen LogP contribution in [0.3, 0.4) is 0 Å². The average Bonchev–Trinajstić information content (AvgIpc) is 3.27. The van der Waals surface area contributed by atoms with Crippen LogP contribution in [0.4, 0.5) is 10.1 Å². The minimum atomic E-state index is -0.479. The Kier molecular flexibility index (Phi) is 7.63. The zero-order valence-electron chi connectivity index (χ0n) is 20.5. The first-order valence-electron chi connectivity index (χ1n) is 11.6. The van der Waals surface area contributed by atoms with Gasteiger partial charge in [0.05, 0.1) is 19.2 Å². The molecule has 1 aliphatic rings. The number of hydrogen-bond donors (Lipinski definition) is 1. The van der Waals surface area contributed by atoms with Crippen molar-refractivity contribution in [2.24, 2.45) is 11.0 Å². The summed E-state index contributed by atoms with van der Waals surface area (Å²) in [6, 6.07) is 17.2. The molecule has 0 saturated carbocycles. The lowest BCUT2D eigenvalue weighted by Crippen LogP contribution is -2.30. The highest BCUT2D eigenvalue weighted by Crippen LogP contribution is 2.29. The molecule has 0 bridgehead atoms. The highest BCUT2D eigenvalue weighted by Gasteiger charge is 2.35. The van der Waals surface area contributed by atoms with Crippen molar-refractivity contribution in [1.82, 2.24) is 5.43 Å². The first kappa shape index (κ1) is 24.9. The zero-order valence-corrected chi connectivity index (χ0v) is 20.5. The predicted octanol–water partition coefficient (Wildman–Crippen LogP) is 4.53. The van der Waals surface area contributed by atoms with E-state index in [9.17, 15) is 14.0 Å². The molecule has 0 unspecified atom stereocenters. The first-order chi connectivity index (χ1) is 17.3. The molecule has 1 aliphatic heterocycles. The summed E-state index contributed by atoms with van der Waals surface area (Å²) in [4.78, 5) is 26.8. The number of nitrogens with zero attached hydrogens (tertiary/aromatic N) is 2. The zero-order chi connectivity index (χ0) is 25.7. The molecule has 3 aromatic rings. The van der Waals surface area contributed by atoms with Crippen LogP contribution in [-0.2, 0) is 16.2 Å². The van der Waals surface area contributed by atoms with E-state index in [0.717, 1.165) is 22.4 Å². The summed E-state index contributed by atoms with van der Waals surface area (Å²) < 4.78 is 24.3. The molecule has 0 aliphatic carbocycles. The molecule has 7 nitrogen and oxygen atoms in total. The largest absolute Gasteiger partial charge is 0.493 e. The number of halogens is 1. The molecule has 4 rings (SSSR count). The summed E-state index contributed by atoms with van der Waals surface area (Å²) in [6.07, 6.45) is 1.64. The number of methoxy groups -OCH3 is 1. The summed E-state index contributed by atoms with van der Waals surface area (Å²) in [7, 11) is 1.53. The van der Waals surface area contributed by atoms with Crippen molar-refractivity contribution in [2.45, 2.75) is 26.9 Å². The van der Waals surface area contributed by atoms with Crippen molar-refractivity contribution in [3.63, 3.8) is 0 Å². The molecule has 1 fully saturated rings. The number of anilines is 1. The standard InChI is InChI=1S/C28H28FN3O4/c1-18-4-10-24(12-19(18)2)32-16-22(14-27(32)33)28(34)31-30-15-21-7-11-25(26(13-21)35-3)36-17-20-5-8-23(29)9-6-20/h4-13,15,22H,14,16-17H2,1-3H3,(H,31,34)/b30-15-/t22-/m1/s1. The molecule has 0 aromatic heterocycles. The fourth-order valence-corrected chi connectivity index (χ4v) is 3.91. The van der Waals surface area contributed by atoms with Crippen LogP contribution in [-0.4, -0.2) is 31.7 Å². The molecule has 1 atom stereocenters. The second kappa shape index (κ2) is 11.0. The van der Waals surface area contributed by atoms with E-state index in [-0.39, 0.29) is 30.7 Å². The minimum absolute atomic E-state index is 0.0802. The molecule has 1 heterocycles. The molecule has 186 valence electrons. The molecular weight excluding hydrogens is 461 g/mol. The third kappa shape index (κ3) is 5.89. The summed E-state index contributed by atoms with van der Waals surface area (Å²) in [5.41, 5.74) is 7.11. The Balaban J connectivity index is 1.33. The smallest absolute Gasteiger partial charge is 0.245 e. The molecule has 0 radical (unpaired) electrons. The molecule has 1 saturated heterocycles. The Morgan fingerprint density at radius 1 is 1.08 bits per heavy atom. The normalized spacial score (nSPS) is 15.4. The van der Waals surface area contributed by atoms with Crippen LogP contribution in [0.1, 0.15) is 28.7 Å². The maximum atomic E-state index is 13.1. The summed E-state index contributed by atoms with van der Waals surface area (Å²) in [6.45, 7) is 4.59. The van der Waals surface area contributed by atoms with Crippen molar-refractivity contribution in [2.75, 3.05) is 18.6 Å². The van der Waals surface area contributed by atoms with Gasteiger partial charge in [-0.15, -0.1) is 0 Å². The van der Waals surface area contributed by atoms with Crippen molar-refractivity contribution in [1.29, 1.82) is 0 Å². The Hall–Kier alpha value is -4.20. The van der Waals surface area contributed by atoms with Gasteiger partial charge in [-0.2, -0.15) is 5.10 Å². The Bertz CT molecular complexity index is 1290. The van der Waals surface area contributed by atoms with E-state index in [1.807, 2.05) is 32.0 Å². The van der Waals surface area contributed by atoms with Crippen LogP contribution in [0.15, 0.2) is 65.8 Å². The molecule has 2 amide bonds. The third-order valence-corrected chi connectivity index (χ3v) is 6.18. The van der Waals surface area contributed by atoms with Crippen molar-refractivity contribution in [3.8, 4) is 11.5 Å². The highest BCUT2D eigenvalue weighted by molar-refractivity contribution is 6.00. The van der Waals surface area contributed by atoms with Gasteiger partial charge in [-0.3, -0.25) is 9.59 Å². The number of carbonyl (C=O) groups is 2. The number of aryl methyl sites for hydroxylation is 2. The number of rotatable bonds is 8. The van der Waals surface area contributed by atoms with E-state index in [0.29, 0.717) is 23.6 Å². The fraction of sp³-hybridized carbons (Fsp3) is 0.250. The van der Waals surface area contributed by atoms with Gasteiger partial charge in [-0.1, -0.05) is 18.2 Å². The van der Waals surface area contributed by atoms with E-state index >= 15 is 0 Å². The van der Waals surface area contributed by atoms with Crippen LogP contribution in [0, 0.1) is 25.6 Å². The fourth-order valence-electron chi connectivity index (χ4n) is 3.91. The molecule has 36 heavy (non-hydrogen) atoms. The lowest BCUT2D eigenvalue weighted by atomic mass is 10.1. The topological polar surface area (TPSA) is 80.2 Å². The molecule has 0 spiro atoms. The second-order valence-electron chi connectivity index (χ2n) is 8.73. The number of ether oxygens (including phenoxy) is 2. The quantitative estimate of drug-likeness (QED) is 0.372. The van der Waals surface area contributed by atoms with Crippen LogP contribution in [0.5, 0.6) is 11.5 Å². The van der Waals surface area contributed by atoms with Gasteiger partial charge >= 0.3 is 0 Å². The Morgan fingerprint density at radius 3 is 2.58 bits per heavy atom. The van der Waals surface area contributed by atoms with E-state index in [1.54, 1.807) is 35.2 Å². The predicted molar refractivity (Wildman–Crippen MR) is 136 cm³/mol. The molecule has 8 heteroatoms. The molecular formula is C28H28FN3O4. The highest BCUT2D eigenvalue weighted by atomic mass is 19.1. The van der Waals surface area contributed by atoms with Gasteiger partial charge in [0, 0.05) is 18.7 Å². The van der Waals surface area contributed by atoms with Crippen LogP contribution < -0.4 is 19.8 Å². The van der Waals surface area contributed by atoms with Gasteiger partial charge in [0.15, 0.2) is 11.5 Å². The van der Waals surface area contributed by atoms with Gasteiger partial charge in [0.25, 0.3) is 0 Å². The number of benzene rings is 3. The number of amides is 2. The van der Waals surface area contributed by atoms with Gasteiger partial charge in [0.2, 0.25) is 11.8 Å². The van der Waals surface area contributed by atoms with Crippen LogP contribution in [0.25, 0.3) is 0 Å². The summed E-state index contributed by atoms with van der Waals surface area (Å²) in [5.74, 6) is -0.143. The maximum absolute atomic E-state index is 13.1. The van der Waals surface area contributed by atoms with E-state index in [2.05, 4.69) is 10.5 Å². The SMILES string of the molecule is COc1cc(/C=N\NC(=O)[C@@H]2CC(=O)N(c3ccc(C)c(C)c3)C2)ccc1OCc1ccc(F)cc1. The van der Waals surface area contributed by atoms with E-state index in [1.165, 1.54) is 25.5 Å². The lowest BCUT2D eigenvalue weighted by molar-refractivity contribution is -0.126. The van der Waals surface area contributed by atoms with Crippen molar-refractivity contribution < 1.29 is 23.5 Å².